The van der Waals surface area contributed by atoms with Crippen molar-refractivity contribution in [2.75, 3.05) is 12.0 Å². The van der Waals surface area contributed by atoms with Gasteiger partial charge in [0.15, 0.2) is 5.78 Å². The van der Waals surface area contributed by atoms with Crippen LogP contribution in [0.4, 0.5) is 4.39 Å². The highest BCUT2D eigenvalue weighted by Gasteiger charge is 2.55. The number of carbonyl (C=O) groups is 1. The lowest BCUT2D eigenvalue weighted by Gasteiger charge is -2.54. The molecule has 0 heterocycles. The minimum Gasteiger partial charge on any atom is -0.295 e. The summed E-state index contributed by atoms with van der Waals surface area (Å²) in [7, 11) is 0. The van der Waals surface area contributed by atoms with E-state index in [2.05, 4.69) is 19.3 Å². The summed E-state index contributed by atoms with van der Waals surface area (Å²) in [6.45, 7) is 2.29. The molecule has 25 heavy (non-hydrogen) atoms. The summed E-state index contributed by atoms with van der Waals surface area (Å²) in [6, 6.07) is 0. The predicted molar refractivity (Wildman–Crippen MR) is 103 cm³/mol. The Morgan fingerprint density at radius 2 is 2.16 bits per heavy atom. The zero-order valence-electron chi connectivity index (χ0n) is 15.4. The molecule has 3 heteroatoms. The fourth-order valence-corrected chi connectivity index (χ4v) is 6.97. The van der Waals surface area contributed by atoms with Gasteiger partial charge in [0, 0.05) is 11.8 Å². The Morgan fingerprint density at radius 1 is 1.32 bits per heavy atom. The van der Waals surface area contributed by atoms with Crippen LogP contribution in [0.2, 0.25) is 0 Å². The number of hydrogen-bond donors (Lipinski definition) is 0. The minimum absolute atomic E-state index is 0.0231. The second kappa shape index (κ2) is 6.40. The van der Waals surface area contributed by atoms with Crippen LogP contribution in [0.3, 0.4) is 0 Å². The Morgan fingerprint density at radius 3 is 2.92 bits per heavy atom. The maximum Gasteiger partial charge on any atom is 0.155 e. The van der Waals surface area contributed by atoms with Crippen molar-refractivity contribution in [2.45, 2.75) is 58.3 Å². The Kier molecular flexibility index (Phi) is 4.50. The number of allylic oxidation sites excluding steroid dienone is 5. The molecule has 0 amide bonds. The molecule has 2 fully saturated rings. The summed E-state index contributed by atoms with van der Waals surface area (Å²) in [5.41, 5.74) is 4.21. The smallest absolute Gasteiger partial charge is 0.155 e. The van der Waals surface area contributed by atoms with Crippen LogP contribution in [0, 0.1) is 22.7 Å². The van der Waals surface area contributed by atoms with Gasteiger partial charge in [0.05, 0.1) is 6.33 Å². The van der Waals surface area contributed by atoms with Gasteiger partial charge in [0.1, 0.15) is 0 Å². The first-order chi connectivity index (χ1) is 12.0. The molecule has 4 rings (SSSR count). The largest absolute Gasteiger partial charge is 0.295 e. The molecule has 0 aliphatic heterocycles. The van der Waals surface area contributed by atoms with Gasteiger partial charge in [-0.15, -0.1) is 0 Å². The van der Waals surface area contributed by atoms with E-state index in [0.717, 1.165) is 62.6 Å². The number of thioether (sulfide) groups is 1. The number of carbonyl (C=O) groups excluding carboxylic acids is 1. The highest BCUT2D eigenvalue weighted by Crippen LogP contribution is 2.65. The monoisotopic (exact) mass is 360 g/mol. The zero-order chi connectivity index (χ0) is 17.7. The number of ketones is 1. The first-order valence-corrected chi connectivity index (χ1v) is 11.2. The molecular formula is C22H29FOS. The molecule has 136 valence electrons. The lowest BCUT2D eigenvalue weighted by atomic mass is 9.50. The Labute approximate surface area is 155 Å². The quantitative estimate of drug-likeness (QED) is 0.572. The van der Waals surface area contributed by atoms with E-state index in [-0.39, 0.29) is 10.8 Å². The van der Waals surface area contributed by atoms with Crippen molar-refractivity contribution in [3.63, 3.8) is 0 Å². The van der Waals surface area contributed by atoms with E-state index in [1.165, 1.54) is 5.57 Å². The van der Waals surface area contributed by atoms with Crippen LogP contribution >= 0.6 is 11.8 Å². The van der Waals surface area contributed by atoms with Gasteiger partial charge in [-0.05, 0) is 85.9 Å². The van der Waals surface area contributed by atoms with Crippen molar-refractivity contribution in [3.8, 4) is 0 Å². The topological polar surface area (TPSA) is 17.1 Å². The number of fused-ring (bicyclic) bond motifs is 5. The van der Waals surface area contributed by atoms with Crippen LogP contribution in [-0.2, 0) is 4.79 Å². The lowest BCUT2D eigenvalue weighted by molar-refractivity contribution is -0.115. The molecule has 0 unspecified atom stereocenters. The van der Waals surface area contributed by atoms with Crippen LogP contribution < -0.4 is 0 Å². The number of halogens is 1. The van der Waals surface area contributed by atoms with Crippen LogP contribution in [-0.4, -0.2) is 17.8 Å². The van der Waals surface area contributed by atoms with Crippen molar-refractivity contribution < 1.29 is 9.18 Å². The molecule has 0 N–H and O–H groups in total. The Hall–Kier alpha value is -0.830. The van der Waals surface area contributed by atoms with E-state index in [9.17, 15) is 9.18 Å². The lowest BCUT2D eigenvalue weighted by Crippen LogP contribution is -2.44. The zero-order valence-corrected chi connectivity index (χ0v) is 16.3. The summed E-state index contributed by atoms with van der Waals surface area (Å²) in [5.74, 6) is 2.63. The average Bonchev–Trinajstić information content (AvgIpc) is 2.96. The Balaban J connectivity index is 1.77. The van der Waals surface area contributed by atoms with E-state index in [1.807, 2.05) is 17.8 Å². The normalized spacial score (nSPS) is 41.7. The van der Waals surface area contributed by atoms with Crippen molar-refractivity contribution in [2.24, 2.45) is 22.7 Å². The first-order valence-electron chi connectivity index (χ1n) is 9.78. The van der Waals surface area contributed by atoms with Gasteiger partial charge in [0.2, 0.25) is 0 Å². The van der Waals surface area contributed by atoms with Gasteiger partial charge in [-0.1, -0.05) is 24.1 Å². The van der Waals surface area contributed by atoms with Crippen molar-refractivity contribution in [3.05, 3.63) is 35.2 Å². The molecule has 2 saturated carbocycles. The molecule has 0 saturated heterocycles. The molecule has 4 aliphatic carbocycles. The van der Waals surface area contributed by atoms with Gasteiger partial charge in [0.25, 0.3) is 0 Å². The van der Waals surface area contributed by atoms with E-state index >= 15 is 0 Å². The average molecular weight is 361 g/mol. The molecule has 4 atom stereocenters. The van der Waals surface area contributed by atoms with Crippen molar-refractivity contribution in [1.29, 1.82) is 0 Å². The summed E-state index contributed by atoms with van der Waals surface area (Å²) >= 11 is 1.91. The second-order valence-corrected chi connectivity index (χ2v) is 9.65. The predicted octanol–water partition coefficient (Wildman–Crippen LogP) is 6.03. The molecule has 0 bridgehead atoms. The maximum atomic E-state index is 13.5. The molecule has 0 spiro atoms. The first kappa shape index (κ1) is 17.6. The van der Waals surface area contributed by atoms with E-state index < -0.39 is 0 Å². The molecule has 4 aliphatic rings. The number of rotatable bonds is 3. The fourth-order valence-electron chi connectivity index (χ4n) is 6.42. The summed E-state index contributed by atoms with van der Waals surface area (Å²) in [4.78, 5) is 12.1. The van der Waals surface area contributed by atoms with E-state index in [1.54, 1.807) is 5.57 Å². The highest BCUT2D eigenvalue weighted by atomic mass is 32.2. The van der Waals surface area contributed by atoms with Crippen LogP contribution in [0.5, 0.6) is 0 Å². The van der Waals surface area contributed by atoms with Crippen LogP contribution in [0.15, 0.2) is 35.2 Å². The van der Waals surface area contributed by atoms with Crippen molar-refractivity contribution in [1.82, 2.24) is 0 Å². The van der Waals surface area contributed by atoms with Crippen molar-refractivity contribution >= 4 is 17.5 Å². The molecule has 1 nitrogen and oxygen atoms in total. The molecule has 0 aromatic carbocycles. The Bertz CT molecular complexity index is 676. The van der Waals surface area contributed by atoms with Gasteiger partial charge in [-0.25, -0.2) is 4.39 Å². The third kappa shape index (κ3) is 2.52. The van der Waals surface area contributed by atoms with E-state index in [4.69, 9.17) is 0 Å². The third-order valence-corrected chi connectivity index (χ3v) is 8.41. The third-order valence-electron chi connectivity index (χ3n) is 7.80. The second-order valence-electron chi connectivity index (χ2n) is 8.67. The SMILES string of the molecule is CSCC[C@]12CCC(=O)C=C1CC[C@@H]1C2=CC[C@]2(C)C(=CF)CC[C@@H]12. The summed E-state index contributed by atoms with van der Waals surface area (Å²) in [5, 5.41) is 0. The molecule has 0 aromatic rings. The van der Waals surface area contributed by atoms with Gasteiger partial charge >= 0.3 is 0 Å². The summed E-state index contributed by atoms with van der Waals surface area (Å²) < 4.78 is 13.5. The van der Waals surface area contributed by atoms with Crippen LogP contribution in [0.25, 0.3) is 0 Å². The number of hydrogen-bond acceptors (Lipinski definition) is 2. The molecule has 0 aromatic heterocycles. The van der Waals surface area contributed by atoms with E-state index in [0.29, 0.717) is 24.0 Å². The fraction of sp³-hybridized carbons (Fsp3) is 0.682. The highest BCUT2D eigenvalue weighted by molar-refractivity contribution is 7.98. The van der Waals surface area contributed by atoms with Gasteiger partial charge in [-0.2, -0.15) is 11.8 Å². The van der Waals surface area contributed by atoms with Crippen LogP contribution in [0.1, 0.15) is 58.3 Å². The van der Waals surface area contributed by atoms with Gasteiger partial charge < -0.3 is 0 Å². The minimum atomic E-state index is 0.0231. The standard InChI is InChI=1S/C22H29FOS/c1-21-9-8-20-18(19(21)6-4-16(21)14-23)5-3-15-13-17(24)7-10-22(15,20)11-12-25-2/h8,13-14,18-19H,3-7,9-12H2,1-2H3/t18-,19-,21+,22+/m0/s1. The summed E-state index contributed by atoms with van der Waals surface area (Å²) in [6.07, 6.45) is 15.6. The van der Waals surface area contributed by atoms with Gasteiger partial charge in [-0.3, -0.25) is 4.79 Å². The molecular weight excluding hydrogens is 331 g/mol. The maximum absolute atomic E-state index is 13.5. The molecule has 0 radical (unpaired) electrons.